The topological polar surface area (TPSA) is 75.7 Å². The molecule has 0 unspecified atom stereocenters. The van der Waals surface area contributed by atoms with Crippen molar-refractivity contribution < 1.29 is 19.1 Å². The molecule has 26 heavy (non-hydrogen) atoms. The smallest absolute Gasteiger partial charge is 0.308 e. The van der Waals surface area contributed by atoms with Crippen molar-refractivity contribution in [2.75, 3.05) is 13.1 Å². The van der Waals surface area contributed by atoms with Crippen LogP contribution in [0.5, 0.6) is 5.75 Å². The van der Waals surface area contributed by atoms with Gasteiger partial charge in [-0.25, -0.2) is 0 Å². The second kappa shape index (κ2) is 8.17. The monoisotopic (exact) mass is 356 g/mol. The molecule has 6 nitrogen and oxygen atoms in total. The first-order chi connectivity index (χ1) is 12.5. The number of allylic oxidation sites excluding steroid dienone is 1. The van der Waals surface area contributed by atoms with Crippen molar-refractivity contribution in [3.05, 3.63) is 42.0 Å². The van der Waals surface area contributed by atoms with Crippen molar-refractivity contribution in [2.45, 2.75) is 38.6 Å². The molecule has 1 saturated heterocycles. The van der Waals surface area contributed by atoms with E-state index < -0.39 is 5.97 Å². The highest BCUT2D eigenvalue weighted by molar-refractivity contribution is 5.95. The van der Waals surface area contributed by atoms with Crippen LogP contribution in [0.1, 0.15) is 43.0 Å². The van der Waals surface area contributed by atoms with Gasteiger partial charge >= 0.3 is 5.97 Å². The first kappa shape index (κ1) is 18.2. The molecule has 1 aliphatic carbocycles. The van der Waals surface area contributed by atoms with Crippen LogP contribution in [0.4, 0.5) is 0 Å². The van der Waals surface area contributed by atoms with E-state index in [0.29, 0.717) is 30.3 Å². The summed E-state index contributed by atoms with van der Waals surface area (Å²) < 4.78 is 5.03. The first-order valence-corrected chi connectivity index (χ1v) is 9.08. The minimum atomic E-state index is -0.415. The number of likely N-dealkylation sites (tertiary alicyclic amines) is 1. The second-order valence-corrected chi connectivity index (χ2v) is 6.89. The lowest BCUT2D eigenvalue weighted by Gasteiger charge is -2.32. The molecule has 138 valence electrons. The van der Waals surface area contributed by atoms with Crippen LogP contribution in [-0.2, 0) is 9.59 Å². The average Bonchev–Trinajstić information content (AvgIpc) is 3.44. The van der Waals surface area contributed by atoms with Crippen LogP contribution in [0.3, 0.4) is 0 Å². The number of benzene rings is 1. The van der Waals surface area contributed by atoms with Gasteiger partial charge in [-0.3, -0.25) is 14.4 Å². The van der Waals surface area contributed by atoms with Gasteiger partial charge in [-0.1, -0.05) is 12.1 Å². The number of hydrogen-bond acceptors (Lipinski definition) is 4. The van der Waals surface area contributed by atoms with Gasteiger partial charge in [0.1, 0.15) is 5.75 Å². The fourth-order valence-corrected chi connectivity index (χ4v) is 3.03. The Morgan fingerprint density at radius 1 is 1.15 bits per heavy atom. The Balaban J connectivity index is 1.50. The Morgan fingerprint density at radius 2 is 1.88 bits per heavy atom. The quantitative estimate of drug-likeness (QED) is 0.499. The van der Waals surface area contributed by atoms with Gasteiger partial charge in [0.05, 0.1) is 0 Å². The van der Waals surface area contributed by atoms with Crippen molar-refractivity contribution in [1.82, 2.24) is 10.2 Å². The zero-order valence-corrected chi connectivity index (χ0v) is 14.9. The van der Waals surface area contributed by atoms with Gasteiger partial charge < -0.3 is 15.0 Å². The Labute approximate surface area is 153 Å². The molecular formula is C20H24N2O4. The van der Waals surface area contributed by atoms with E-state index in [-0.39, 0.29) is 17.9 Å². The molecule has 1 saturated carbocycles. The Hall–Kier alpha value is -2.63. The lowest BCUT2D eigenvalue weighted by Crippen LogP contribution is -2.46. The maximum Gasteiger partial charge on any atom is 0.308 e. The van der Waals surface area contributed by atoms with E-state index in [9.17, 15) is 14.4 Å². The maximum absolute atomic E-state index is 12.6. The summed E-state index contributed by atoms with van der Waals surface area (Å²) in [6.07, 6.45) is 7.45. The standard InChI is InChI=1S/C20H24N2O4/c1-14(23)26-18-4-2-3-16(13-18)20(25)22-11-9-17(10-12-22)21-19(24)8-7-15-5-6-15/h2-4,7-8,13,15,17H,5-6,9-12H2,1H3,(H,21,24)/b8-7+. The van der Waals surface area contributed by atoms with Crippen LogP contribution >= 0.6 is 0 Å². The molecule has 0 radical (unpaired) electrons. The Bertz CT molecular complexity index is 716. The minimum absolute atomic E-state index is 0.0456. The van der Waals surface area contributed by atoms with Crippen molar-refractivity contribution in [1.29, 1.82) is 0 Å². The highest BCUT2D eigenvalue weighted by Crippen LogP contribution is 2.29. The van der Waals surface area contributed by atoms with E-state index in [2.05, 4.69) is 5.32 Å². The fourth-order valence-electron chi connectivity index (χ4n) is 3.03. The Kier molecular flexibility index (Phi) is 5.71. The summed E-state index contributed by atoms with van der Waals surface area (Å²) in [5, 5.41) is 3.01. The normalized spacial score (nSPS) is 18.0. The molecule has 2 amide bonds. The lowest BCUT2D eigenvalue weighted by molar-refractivity contribution is -0.131. The number of hydrogen-bond donors (Lipinski definition) is 1. The van der Waals surface area contributed by atoms with Crippen molar-refractivity contribution >= 4 is 17.8 Å². The molecule has 2 fully saturated rings. The highest BCUT2D eigenvalue weighted by Gasteiger charge is 2.25. The predicted molar refractivity (Wildman–Crippen MR) is 96.7 cm³/mol. The summed E-state index contributed by atoms with van der Waals surface area (Å²) in [6.45, 7) is 2.51. The molecular weight excluding hydrogens is 332 g/mol. The van der Waals surface area contributed by atoms with Gasteiger partial charge in [0.2, 0.25) is 5.91 Å². The summed E-state index contributed by atoms with van der Waals surface area (Å²) in [7, 11) is 0. The molecule has 0 bridgehead atoms. The number of carbonyl (C=O) groups is 3. The summed E-state index contributed by atoms with van der Waals surface area (Å²) in [4.78, 5) is 37.3. The molecule has 3 rings (SSSR count). The van der Waals surface area contributed by atoms with Crippen LogP contribution < -0.4 is 10.1 Å². The van der Waals surface area contributed by atoms with Gasteiger partial charge in [0.15, 0.2) is 0 Å². The zero-order chi connectivity index (χ0) is 18.5. The number of piperidine rings is 1. The van der Waals surface area contributed by atoms with Gasteiger partial charge in [-0.15, -0.1) is 0 Å². The summed E-state index contributed by atoms with van der Waals surface area (Å²) >= 11 is 0. The number of carbonyl (C=O) groups excluding carboxylic acids is 3. The van der Waals surface area contributed by atoms with E-state index in [4.69, 9.17) is 4.74 Å². The largest absolute Gasteiger partial charge is 0.427 e. The summed E-state index contributed by atoms with van der Waals surface area (Å²) in [6, 6.07) is 6.74. The third-order valence-electron chi connectivity index (χ3n) is 4.61. The number of esters is 1. The molecule has 1 N–H and O–H groups in total. The molecule has 1 aromatic carbocycles. The van der Waals surface area contributed by atoms with Crippen molar-refractivity contribution in [3.63, 3.8) is 0 Å². The predicted octanol–water partition coefficient (Wildman–Crippen LogP) is 2.30. The van der Waals surface area contributed by atoms with E-state index >= 15 is 0 Å². The number of nitrogens with one attached hydrogen (secondary N) is 1. The van der Waals surface area contributed by atoms with E-state index in [1.165, 1.54) is 19.8 Å². The number of amides is 2. The van der Waals surface area contributed by atoms with Gasteiger partial charge in [-0.05, 0) is 55.9 Å². The van der Waals surface area contributed by atoms with Crippen LogP contribution in [0, 0.1) is 5.92 Å². The molecule has 0 aromatic heterocycles. The fraction of sp³-hybridized carbons (Fsp3) is 0.450. The maximum atomic E-state index is 12.6. The SMILES string of the molecule is CC(=O)Oc1cccc(C(=O)N2CCC(NC(=O)/C=C/C3CC3)CC2)c1. The van der Waals surface area contributed by atoms with Crippen molar-refractivity contribution in [2.24, 2.45) is 5.92 Å². The number of rotatable bonds is 5. The van der Waals surface area contributed by atoms with E-state index in [1.807, 2.05) is 6.08 Å². The van der Waals surface area contributed by atoms with Crippen molar-refractivity contribution in [3.8, 4) is 5.75 Å². The summed E-state index contributed by atoms with van der Waals surface area (Å²) in [5.74, 6) is 0.408. The molecule has 6 heteroatoms. The second-order valence-electron chi connectivity index (χ2n) is 6.89. The molecule has 1 heterocycles. The van der Waals surface area contributed by atoms with Gasteiger partial charge in [0.25, 0.3) is 5.91 Å². The van der Waals surface area contributed by atoms with Crippen LogP contribution in [0.25, 0.3) is 0 Å². The Morgan fingerprint density at radius 3 is 2.54 bits per heavy atom. The van der Waals surface area contributed by atoms with Crippen LogP contribution in [0.2, 0.25) is 0 Å². The summed E-state index contributed by atoms with van der Waals surface area (Å²) in [5.41, 5.74) is 0.499. The van der Waals surface area contributed by atoms with Gasteiger partial charge in [0, 0.05) is 31.6 Å². The molecule has 1 aromatic rings. The number of ether oxygens (including phenoxy) is 1. The van der Waals surface area contributed by atoms with E-state index in [0.717, 1.165) is 12.8 Å². The molecule has 2 aliphatic rings. The first-order valence-electron chi connectivity index (χ1n) is 9.08. The molecule has 0 atom stereocenters. The third kappa shape index (κ3) is 5.18. The molecule has 1 aliphatic heterocycles. The van der Waals surface area contributed by atoms with Crippen LogP contribution in [-0.4, -0.2) is 41.8 Å². The third-order valence-corrected chi connectivity index (χ3v) is 4.61. The number of nitrogens with zero attached hydrogens (tertiary/aromatic N) is 1. The molecule has 0 spiro atoms. The van der Waals surface area contributed by atoms with Crippen LogP contribution in [0.15, 0.2) is 36.4 Å². The lowest BCUT2D eigenvalue weighted by atomic mass is 10.0. The zero-order valence-electron chi connectivity index (χ0n) is 14.9. The highest BCUT2D eigenvalue weighted by atomic mass is 16.5. The minimum Gasteiger partial charge on any atom is -0.427 e. The average molecular weight is 356 g/mol. The van der Waals surface area contributed by atoms with Gasteiger partial charge in [-0.2, -0.15) is 0 Å². The van der Waals surface area contributed by atoms with E-state index in [1.54, 1.807) is 35.2 Å².